The highest BCUT2D eigenvalue weighted by atomic mass is 32.2. The third-order valence-corrected chi connectivity index (χ3v) is 3.03. The van der Waals surface area contributed by atoms with Crippen LogP contribution in [0.2, 0.25) is 0 Å². The minimum absolute atomic E-state index is 0.0504. The molecule has 5 heteroatoms. The molecule has 0 saturated carbocycles. The molecule has 4 nitrogen and oxygen atoms in total. The minimum atomic E-state index is -1.07. The van der Waals surface area contributed by atoms with Gasteiger partial charge in [-0.15, -0.1) is 0 Å². The number of benzene rings is 1. The summed E-state index contributed by atoms with van der Waals surface area (Å²) in [6, 6.07) is 4.91. The van der Waals surface area contributed by atoms with Gasteiger partial charge in [-0.05, 0) is 12.1 Å². The summed E-state index contributed by atoms with van der Waals surface area (Å²) in [5.41, 5.74) is 0.483. The number of carbonyl (C=O) groups excluding carboxylic acids is 1. The van der Waals surface area contributed by atoms with Crippen LogP contribution in [0.1, 0.15) is 29.3 Å². The standard InChI is InChI=1S/C14H14O4S/c1-10(15)19-9-4-3-6-11-7-5-8-12(18-2)13(11)14(16)17/h5,7-8H,4,9H2,1-2H3,(H,16,17). The number of ether oxygens (including phenoxy) is 1. The number of thioether (sulfide) groups is 1. The van der Waals surface area contributed by atoms with E-state index in [1.54, 1.807) is 18.2 Å². The number of carboxylic acid groups (broad SMARTS) is 1. The van der Waals surface area contributed by atoms with E-state index in [-0.39, 0.29) is 16.4 Å². The predicted molar refractivity (Wildman–Crippen MR) is 74.6 cm³/mol. The number of methoxy groups -OCH3 is 1. The van der Waals surface area contributed by atoms with Crippen molar-refractivity contribution in [2.75, 3.05) is 12.9 Å². The number of hydrogen-bond acceptors (Lipinski definition) is 4. The molecule has 1 rings (SSSR count). The molecule has 0 unspecified atom stereocenters. The van der Waals surface area contributed by atoms with Crippen molar-refractivity contribution in [2.24, 2.45) is 0 Å². The molecular formula is C14H14O4S. The van der Waals surface area contributed by atoms with E-state index in [0.717, 1.165) is 0 Å². The van der Waals surface area contributed by atoms with E-state index in [1.165, 1.54) is 25.8 Å². The van der Waals surface area contributed by atoms with Crippen molar-refractivity contribution >= 4 is 22.8 Å². The maximum atomic E-state index is 11.2. The molecule has 1 N–H and O–H groups in total. The van der Waals surface area contributed by atoms with E-state index in [4.69, 9.17) is 9.84 Å². The molecule has 0 fully saturated rings. The van der Waals surface area contributed by atoms with E-state index in [9.17, 15) is 9.59 Å². The summed E-state index contributed by atoms with van der Waals surface area (Å²) in [5, 5.41) is 9.21. The third kappa shape index (κ3) is 4.68. The predicted octanol–water partition coefficient (Wildman–Crippen LogP) is 2.41. The van der Waals surface area contributed by atoms with Crippen LogP contribution in [0, 0.1) is 11.8 Å². The molecule has 1 aromatic rings. The zero-order chi connectivity index (χ0) is 14.3. The molecule has 0 amide bonds. The first kappa shape index (κ1) is 15.1. The van der Waals surface area contributed by atoms with Crippen molar-refractivity contribution in [3.05, 3.63) is 29.3 Å². The van der Waals surface area contributed by atoms with E-state index >= 15 is 0 Å². The fourth-order valence-corrected chi connectivity index (χ4v) is 1.92. The van der Waals surface area contributed by atoms with Gasteiger partial charge in [-0.1, -0.05) is 29.7 Å². The molecule has 0 radical (unpaired) electrons. The second-order valence-corrected chi connectivity index (χ2v) is 4.85. The summed E-state index contributed by atoms with van der Waals surface area (Å²) in [6.45, 7) is 1.50. The van der Waals surface area contributed by atoms with Crippen molar-refractivity contribution in [2.45, 2.75) is 13.3 Å². The van der Waals surface area contributed by atoms with Gasteiger partial charge in [0.05, 0.1) is 7.11 Å². The van der Waals surface area contributed by atoms with Crippen LogP contribution in [0.25, 0.3) is 0 Å². The Labute approximate surface area is 116 Å². The third-order valence-electron chi connectivity index (χ3n) is 2.22. The van der Waals surface area contributed by atoms with Gasteiger partial charge in [0.15, 0.2) is 5.12 Å². The fraction of sp³-hybridized carbons (Fsp3) is 0.286. The maximum absolute atomic E-state index is 11.2. The van der Waals surface area contributed by atoms with Gasteiger partial charge in [0.25, 0.3) is 0 Å². The lowest BCUT2D eigenvalue weighted by Crippen LogP contribution is -2.03. The SMILES string of the molecule is COc1cccc(C#CCCSC(C)=O)c1C(=O)O. The fourth-order valence-electron chi connectivity index (χ4n) is 1.43. The monoisotopic (exact) mass is 278 g/mol. The molecule has 0 atom stereocenters. The van der Waals surface area contributed by atoms with E-state index in [1.807, 2.05) is 0 Å². The van der Waals surface area contributed by atoms with Crippen molar-refractivity contribution in [3.8, 4) is 17.6 Å². The highest BCUT2D eigenvalue weighted by Gasteiger charge is 2.14. The van der Waals surface area contributed by atoms with Crippen LogP contribution in [-0.2, 0) is 4.79 Å². The Balaban J connectivity index is 2.86. The number of hydrogen-bond donors (Lipinski definition) is 1. The first-order valence-electron chi connectivity index (χ1n) is 5.58. The normalized spacial score (nSPS) is 9.37. The summed E-state index contributed by atoms with van der Waals surface area (Å²) in [4.78, 5) is 21.9. The summed E-state index contributed by atoms with van der Waals surface area (Å²) in [7, 11) is 1.42. The first-order valence-corrected chi connectivity index (χ1v) is 6.57. The first-order chi connectivity index (χ1) is 9.06. The van der Waals surface area contributed by atoms with E-state index in [2.05, 4.69) is 11.8 Å². The molecule has 0 aliphatic rings. The van der Waals surface area contributed by atoms with Gasteiger partial charge in [0.1, 0.15) is 11.3 Å². The Bertz CT molecular complexity index is 540. The van der Waals surface area contributed by atoms with Gasteiger partial charge in [-0.2, -0.15) is 0 Å². The number of carbonyl (C=O) groups is 2. The lowest BCUT2D eigenvalue weighted by Gasteiger charge is -2.05. The Kier molecular flexibility index (Phi) is 5.97. The molecule has 1 aromatic carbocycles. The van der Waals surface area contributed by atoms with Gasteiger partial charge in [0, 0.05) is 24.7 Å². The Morgan fingerprint density at radius 2 is 2.16 bits per heavy atom. The summed E-state index contributed by atoms with van der Waals surface area (Å²) < 4.78 is 5.01. The van der Waals surface area contributed by atoms with Gasteiger partial charge >= 0.3 is 5.97 Å². The summed E-state index contributed by atoms with van der Waals surface area (Å²) in [6.07, 6.45) is 0.528. The van der Waals surface area contributed by atoms with E-state index in [0.29, 0.717) is 17.7 Å². The highest BCUT2D eigenvalue weighted by Crippen LogP contribution is 2.21. The van der Waals surface area contributed by atoms with Gasteiger partial charge in [-0.25, -0.2) is 4.79 Å². The topological polar surface area (TPSA) is 63.6 Å². The van der Waals surface area contributed by atoms with Crippen molar-refractivity contribution in [1.29, 1.82) is 0 Å². The molecule has 0 bridgehead atoms. The number of aromatic carboxylic acids is 1. The van der Waals surface area contributed by atoms with Crippen LogP contribution < -0.4 is 4.74 Å². The number of carboxylic acids is 1. The lowest BCUT2D eigenvalue weighted by atomic mass is 10.1. The van der Waals surface area contributed by atoms with Crippen LogP contribution >= 0.6 is 11.8 Å². The molecule has 0 saturated heterocycles. The highest BCUT2D eigenvalue weighted by molar-refractivity contribution is 8.13. The molecular weight excluding hydrogens is 264 g/mol. The largest absolute Gasteiger partial charge is 0.496 e. The van der Waals surface area contributed by atoms with Crippen LogP contribution in [0.15, 0.2) is 18.2 Å². The van der Waals surface area contributed by atoms with Crippen molar-refractivity contribution in [3.63, 3.8) is 0 Å². The summed E-state index contributed by atoms with van der Waals surface area (Å²) in [5.74, 6) is 5.49. The van der Waals surface area contributed by atoms with E-state index < -0.39 is 5.97 Å². The molecule has 0 aliphatic carbocycles. The van der Waals surface area contributed by atoms with Crippen LogP contribution in [0.5, 0.6) is 5.75 Å². The van der Waals surface area contributed by atoms with Crippen LogP contribution in [0.4, 0.5) is 0 Å². The average Bonchev–Trinajstić information content (AvgIpc) is 2.37. The smallest absolute Gasteiger partial charge is 0.340 e. The molecule has 0 heterocycles. The van der Waals surface area contributed by atoms with Crippen molar-refractivity contribution in [1.82, 2.24) is 0 Å². The average molecular weight is 278 g/mol. The van der Waals surface area contributed by atoms with Gasteiger partial charge in [0.2, 0.25) is 0 Å². The number of rotatable bonds is 4. The molecule has 19 heavy (non-hydrogen) atoms. The molecule has 0 spiro atoms. The maximum Gasteiger partial charge on any atom is 0.340 e. The zero-order valence-corrected chi connectivity index (χ0v) is 11.5. The van der Waals surface area contributed by atoms with Crippen molar-refractivity contribution < 1.29 is 19.4 Å². The Hall–Kier alpha value is -1.93. The molecule has 100 valence electrons. The quantitative estimate of drug-likeness (QED) is 0.677. The molecule has 0 aliphatic heterocycles. The minimum Gasteiger partial charge on any atom is -0.496 e. The lowest BCUT2D eigenvalue weighted by molar-refractivity contribution is -0.109. The molecule has 0 aromatic heterocycles. The zero-order valence-electron chi connectivity index (χ0n) is 10.7. The Morgan fingerprint density at radius 1 is 1.42 bits per heavy atom. The second kappa shape index (κ2) is 7.49. The second-order valence-electron chi connectivity index (χ2n) is 3.58. The van der Waals surface area contributed by atoms with Gasteiger partial charge < -0.3 is 9.84 Å². The summed E-state index contributed by atoms with van der Waals surface area (Å²) >= 11 is 1.20. The van der Waals surface area contributed by atoms with Crippen LogP contribution in [0.3, 0.4) is 0 Å². The van der Waals surface area contributed by atoms with Gasteiger partial charge in [-0.3, -0.25) is 4.79 Å². The van der Waals surface area contributed by atoms with Crippen LogP contribution in [-0.4, -0.2) is 29.1 Å². The Morgan fingerprint density at radius 3 is 2.74 bits per heavy atom.